The number of methoxy groups -OCH3 is 1. The summed E-state index contributed by atoms with van der Waals surface area (Å²) in [5.74, 6) is 2.00. The molecule has 31 heavy (non-hydrogen) atoms. The molecule has 3 heterocycles. The maximum atomic E-state index is 12.9. The molecule has 0 atom stereocenters. The Morgan fingerprint density at radius 3 is 2.77 bits per heavy atom. The van der Waals surface area contributed by atoms with Crippen LogP contribution in [0, 0.1) is 0 Å². The Kier molecular flexibility index (Phi) is 4.36. The Morgan fingerprint density at radius 2 is 1.94 bits per heavy atom. The minimum absolute atomic E-state index is 0.206. The van der Waals surface area contributed by atoms with Gasteiger partial charge in [0.2, 0.25) is 6.79 Å². The summed E-state index contributed by atoms with van der Waals surface area (Å²) >= 11 is 0. The summed E-state index contributed by atoms with van der Waals surface area (Å²) in [6.07, 6.45) is 3.32. The van der Waals surface area contributed by atoms with E-state index in [2.05, 4.69) is 15.1 Å². The normalized spacial score (nSPS) is 13.5. The predicted octanol–water partition coefficient (Wildman–Crippen LogP) is 2.85. The first kappa shape index (κ1) is 18.7. The van der Waals surface area contributed by atoms with Crippen molar-refractivity contribution in [1.82, 2.24) is 14.6 Å². The highest BCUT2D eigenvalue weighted by molar-refractivity contribution is 6.04. The van der Waals surface area contributed by atoms with Crippen LogP contribution in [0.1, 0.15) is 12.5 Å². The molecule has 9 heteroatoms. The summed E-state index contributed by atoms with van der Waals surface area (Å²) in [5.41, 5.74) is 1.85. The van der Waals surface area contributed by atoms with Crippen molar-refractivity contribution in [2.45, 2.75) is 6.92 Å². The van der Waals surface area contributed by atoms with Crippen molar-refractivity contribution in [2.24, 2.45) is 5.10 Å². The lowest BCUT2D eigenvalue weighted by atomic mass is 10.1. The predicted molar refractivity (Wildman–Crippen MR) is 117 cm³/mol. The fourth-order valence-corrected chi connectivity index (χ4v) is 3.50. The number of aromatic amines is 2. The quantitative estimate of drug-likeness (QED) is 0.495. The lowest BCUT2D eigenvalue weighted by Gasteiger charge is -2.00. The molecule has 1 aliphatic heterocycles. The highest BCUT2D eigenvalue weighted by Crippen LogP contribution is 2.33. The van der Waals surface area contributed by atoms with E-state index >= 15 is 0 Å². The molecule has 5 rings (SSSR count). The number of ether oxygens (including phenoxy) is 3. The molecular formula is C22H18N4O5. The number of rotatable bonds is 4. The van der Waals surface area contributed by atoms with Crippen molar-refractivity contribution in [3.8, 4) is 17.2 Å². The molecule has 0 bridgehead atoms. The Morgan fingerprint density at radius 1 is 1.10 bits per heavy atom. The zero-order valence-corrected chi connectivity index (χ0v) is 16.8. The van der Waals surface area contributed by atoms with E-state index < -0.39 is 11.2 Å². The first-order valence-electron chi connectivity index (χ1n) is 9.50. The number of allylic oxidation sites excluding steroid dienone is 1. The molecule has 0 amide bonds. The van der Waals surface area contributed by atoms with E-state index in [0.29, 0.717) is 33.7 Å². The molecule has 4 aromatic rings. The highest BCUT2D eigenvalue weighted by atomic mass is 16.7. The first-order valence-corrected chi connectivity index (χ1v) is 9.50. The summed E-state index contributed by atoms with van der Waals surface area (Å²) in [6.45, 7) is 2.03. The molecule has 0 fully saturated rings. The smallest absolute Gasteiger partial charge is 0.350 e. The third-order valence-electron chi connectivity index (χ3n) is 5.00. The fraction of sp³-hybridized carbons (Fsp3) is 0.136. The van der Waals surface area contributed by atoms with E-state index in [-0.39, 0.29) is 12.3 Å². The molecule has 0 saturated heterocycles. The number of fused-ring (bicyclic) bond motifs is 4. The van der Waals surface area contributed by atoms with Crippen LogP contribution in [-0.2, 0) is 0 Å². The Bertz CT molecular complexity index is 1510. The lowest BCUT2D eigenvalue weighted by molar-refractivity contribution is 0.174. The molecular weight excluding hydrogens is 400 g/mol. The van der Waals surface area contributed by atoms with Crippen LogP contribution in [0.3, 0.4) is 0 Å². The number of hydrogen-bond acceptors (Lipinski definition) is 6. The SMILES string of the molecule is COc1ccc2[nH]c3c(=O)n(/N=C/C(C)=C/c4ccc5c(c4)OCO5)c(=O)[nH]c3c2c1. The second-order valence-electron chi connectivity index (χ2n) is 7.08. The van der Waals surface area contributed by atoms with Gasteiger partial charge in [-0.25, -0.2) is 4.79 Å². The van der Waals surface area contributed by atoms with Crippen LogP contribution in [0.15, 0.2) is 56.7 Å². The van der Waals surface area contributed by atoms with E-state index in [0.717, 1.165) is 15.8 Å². The van der Waals surface area contributed by atoms with Gasteiger partial charge in [0, 0.05) is 10.9 Å². The topological polar surface area (TPSA) is 111 Å². The second-order valence-corrected chi connectivity index (χ2v) is 7.08. The second kappa shape index (κ2) is 7.21. The molecule has 2 aromatic carbocycles. The van der Waals surface area contributed by atoms with Crippen molar-refractivity contribution >= 4 is 34.2 Å². The van der Waals surface area contributed by atoms with Crippen LogP contribution < -0.4 is 25.5 Å². The van der Waals surface area contributed by atoms with E-state index in [9.17, 15) is 9.59 Å². The van der Waals surface area contributed by atoms with Gasteiger partial charge in [0.15, 0.2) is 11.5 Å². The van der Waals surface area contributed by atoms with E-state index in [1.165, 1.54) is 6.21 Å². The van der Waals surface area contributed by atoms with Gasteiger partial charge in [0.25, 0.3) is 0 Å². The summed E-state index contributed by atoms with van der Waals surface area (Å²) in [7, 11) is 1.56. The number of nitrogens with zero attached hydrogens (tertiary/aromatic N) is 2. The number of nitrogens with one attached hydrogen (secondary N) is 2. The Balaban J connectivity index is 1.52. The van der Waals surface area contributed by atoms with Crippen LogP contribution in [0.2, 0.25) is 0 Å². The first-order chi connectivity index (χ1) is 15.0. The van der Waals surface area contributed by atoms with Gasteiger partial charge in [-0.15, -0.1) is 4.68 Å². The lowest BCUT2D eigenvalue weighted by Crippen LogP contribution is -2.32. The average Bonchev–Trinajstić information content (AvgIpc) is 3.37. The maximum Gasteiger partial charge on any atom is 0.350 e. The van der Waals surface area contributed by atoms with Gasteiger partial charge in [0.1, 0.15) is 11.3 Å². The van der Waals surface area contributed by atoms with E-state index in [1.807, 2.05) is 31.2 Å². The van der Waals surface area contributed by atoms with Crippen molar-refractivity contribution in [1.29, 1.82) is 0 Å². The van der Waals surface area contributed by atoms with Crippen LogP contribution in [0.5, 0.6) is 17.2 Å². The van der Waals surface area contributed by atoms with Gasteiger partial charge in [-0.1, -0.05) is 12.1 Å². The molecule has 2 N–H and O–H groups in total. The molecule has 2 aromatic heterocycles. The van der Waals surface area contributed by atoms with Gasteiger partial charge in [-0.2, -0.15) is 5.10 Å². The molecule has 1 aliphatic rings. The molecule has 0 spiro atoms. The van der Waals surface area contributed by atoms with Gasteiger partial charge in [-0.3, -0.25) is 4.79 Å². The third kappa shape index (κ3) is 3.25. The minimum atomic E-state index is -0.631. The minimum Gasteiger partial charge on any atom is -0.497 e. The summed E-state index contributed by atoms with van der Waals surface area (Å²) in [4.78, 5) is 31.2. The Hall–Kier alpha value is -4.27. The molecule has 0 aliphatic carbocycles. The van der Waals surface area contributed by atoms with Gasteiger partial charge in [0.05, 0.1) is 18.8 Å². The van der Waals surface area contributed by atoms with Crippen molar-refractivity contribution in [3.63, 3.8) is 0 Å². The van der Waals surface area contributed by atoms with Crippen LogP contribution in [-0.4, -0.2) is 34.8 Å². The summed E-state index contributed by atoms with van der Waals surface area (Å²) in [6, 6.07) is 10.9. The standard InChI is InChI=1S/C22H18N4O5/c1-12(7-13-3-6-17-18(8-13)31-11-30-17)10-23-26-21(27)20-19(25-22(26)28)15-9-14(29-2)4-5-16(15)24-20/h3-10,24H,11H2,1-2H3,(H,25,28)/b12-7+,23-10+. The van der Waals surface area contributed by atoms with Gasteiger partial charge in [-0.05, 0) is 48.4 Å². The highest BCUT2D eigenvalue weighted by Gasteiger charge is 2.14. The monoisotopic (exact) mass is 418 g/mol. The largest absolute Gasteiger partial charge is 0.497 e. The average molecular weight is 418 g/mol. The van der Waals surface area contributed by atoms with Crippen LogP contribution in [0.25, 0.3) is 28.0 Å². The van der Waals surface area contributed by atoms with Gasteiger partial charge >= 0.3 is 11.2 Å². The van der Waals surface area contributed by atoms with E-state index in [1.54, 1.807) is 25.3 Å². The molecule has 156 valence electrons. The number of H-pyrrole nitrogens is 2. The van der Waals surface area contributed by atoms with E-state index in [4.69, 9.17) is 14.2 Å². The van der Waals surface area contributed by atoms with Crippen LogP contribution >= 0.6 is 0 Å². The maximum absolute atomic E-state index is 12.9. The molecule has 0 unspecified atom stereocenters. The molecule has 0 radical (unpaired) electrons. The van der Waals surface area contributed by atoms with Crippen molar-refractivity contribution < 1.29 is 14.2 Å². The van der Waals surface area contributed by atoms with Crippen LogP contribution in [0.4, 0.5) is 0 Å². The third-order valence-corrected chi connectivity index (χ3v) is 5.00. The number of benzene rings is 2. The zero-order valence-electron chi connectivity index (χ0n) is 16.8. The summed E-state index contributed by atoms with van der Waals surface area (Å²) in [5, 5.41) is 4.79. The molecule has 9 nitrogen and oxygen atoms in total. The fourth-order valence-electron chi connectivity index (χ4n) is 3.50. The summed E-state index contributed by atoms with van der Waals surface area (Å²) < 4.78 is 16.7. The van der Waals surface area contributed by atoms with Crippen molar-refractivity contribution in [3.05, 3.63) is 68.4 Å². The zero-order chi connectivity index (χ0) is 21.5. The van der Waals surface area contributed by atoms with Gasteiger partial charge < -0.3 is 24.2 Å². The number of hydrogen-bond donors (Lipinski definition) is 2. The van der Waals surface area contributed by atoms with Crippen molar-refractivity contribution in [2.75, 3.05) is 13.9 Å². The Labute approximate surface area is 175 Å². The molecule has 0 saturated carbocycles. The number of aromatic nitrogens is 3.